The van der Waals surface area contributed by atoms with Crippen LogP contribution in [0.3, 0.4) is 0 Å². The van der Waals surface area contributed by atoms with Gasteiger partial charge in [-0.25, -0.2) is 4.39 Å². The molecule has 1 aromatic rings. The summed E-state index contributed by atoms with van der Waals surface area (Å²) in [5, 5.41) is 0.135. The minimum atomic E-state index is -0.360. The molecular weight excluding hydrogens is 179 g/mol. The number of fused-ring (bicyclic) bond motifs is 1. The summed E-state index contributed by atoms with van der Waals surface area (Å²) in [6, 6.07) is 3.00. The second kappa shape index (κ2) is 2.94. The molecule has 1 aliphatic rings. The van der Waals surface area contributed by atoms with Crippen LogP contribution < -0.4 is 4.74 Å². The van der Waals surface area contributed by atoms with Gasteiger partial charge in [0.1, 0.15) is 11.6 Å². The lowest BCUT2D eigenvalue weighted by molar-refractivity contribution is 0.287. The highest BCUT2D eigenvalue weighted by atomic mass is 35.5. The molecule has 0 spiro atoms. The summed E-state index contributed by atoms with van der Waals surface area (Å²) in [5.41, 5.74) is 0.920. The van der Waals surface area contributed by atoms with Crippen LogP contribution in [0.25, 0.3) is 0 Å². The average Bonchev–Trinajstić information content (AvgIpc) is 2.07. The van der Waals surface area contributed by atoms with Crippen molar-refractivity contribution in [2.24, 2.45) is 0 Å². The van der Waals surface area contributed by atoms with E-state index in [2.05, 4.69) is 0 Å². The Morgan fingerprint density at radius 3 is 3.08 bits per heavy atom. The summed E-state index contributed by atoms with van der Waals surface area (Å²) < 4.78 is 18.2. The van der Waals surface area contributed by atoms with Crippen molar-refractivity contribution in [1.29, 1.82) is 0 Å². The van der Waals surface area contributed by atoms with Crippen LogP contribution in [-0.2, 0) is 6.42 Å². The molecule has 12 heavy (non-hydrogen) atoms. The lowest BCUT2D eigenvalue weighted by Crippen LogP contribution is -2.08. The fraction of sp³-hybridized carbons (Fsp3) is 0.333. The summed E-state index contributed by atoms with van der Waals surface area (Å²) in [6.45, 7) is 0.703. The molecule has 1 aliphatic heterocycles. The van der Waals surface area contributed by atoms with Gasteiger partial charge in [-0.1, -0.05) is 11.6 Å². The Morgan fingerprint density at radius 2 is 2.25 bits per heavy atom. The van der Waals surface area contributed by atoms with Crippen molar-refractivity contribution in [1.82, 2.24) is 0 Å². The van der Waals surface area contributed by atoms with Gasteiger partial charge in [-0.2, -0.15) is 0 Å². The fourth-order valence-corrected chi connectivity index (χ4v) is 1.50. The predicted octanol–water partition coefficient (Wildman–Crippen LogP) is 2.80. The number of hydrogen-bond donors (Lipinski definition) is 0. The van der Waals surface area contributed by atoms with Gasteiger partial charge in [0.15, 0.2) is 0 Å². The van der Waals surface area contributed by atoms with Crippen LogP contribution in [0.2, 0.25) is 5.02 Å². The Bertz CT molecular complexity index is 281. The lowest BCUT2D eigenvalue weighted by atomic mass is 10.1. The van der Waals surface area contributed by atoms with Crippen molar-refractivity contribution in [2.45, 2.75) is 12.8 Å². The highest BCUT2D eigenvalue weighted by Gasteiger charge is 2.13. The van der Waals surface area contributed by atoms with Gasteiger partial charge in [-0.3, -0.25) is 0 Å². The van der Waals surface area contributed by atoms with E-state index < -0.39 is 0 Å². The van der Waals surface area contributed by atoms with Gasteiger partial charge in [0, 0.05) is 6.07 Å². The average molecular weight is 187 g/mol. The van der Waals surface area contributed by atoms with Crippen LogP contribution in [0.4, 0.5) is 4.39 Å². The SMILES string of the molecule is Fc1cc2c(cc1Cl)OCCC2. The smallest absolute Gasteiger partial charge is 0.142 e. The zero-order valence-corrected chi connectivity index (χ0v) is 7.20. The first-order chi connectivity index (χ1) is 5.77. The molecule has 0 aromatic heterocycles. The van der Waals surface area contributed by atoms with Crippen LogP contribution in [-0.4, -0.2) is 6.61 Å². The summed E-state index contributed by atoms with van der Waals surface area (Å²) in [5.74, 6) is 0.369. The number of hydrogen-bond acceptors (Lipinski definition) is 1. The van der Waals surface area contributed by atoms with Crippen molar-refractivity contribution in [3.05, 3.63) is 28.5 Å². The third-order valence-electron chi connectivity index (χ3n) is 1.95. The molecule has 1 heterocycles. The maximum atomic E-state index is 12.9. The molecule has 0 saturated heterocycles. The van der Waals surface area contributed by atoms with Gasteiger partial charge in [0.25, 0.3) is 0 Å². The van der Waals surface area contributed by atoms with Crippen molar-refractivity contribution in [3.8, 4) is 5.75 Å². The molecule has 0 N–H and O–H groups in total. The summed E-state index contributed by atoms with van der Waals surface area (Å²) in [7, 11) is 0. The van der Waals surface area contributed by atoms with Gasteiger partial charge in [0.05, 0.1) is 11.6 Å². The third-order valence-corrected chi connectivity index (χ3v) is 2.24. The maximum absolute atomic E-state index is 12.9. The Labute approximate surface area is 75.1 Å². The lowest BCUT2D eigenvalue weighted by Gasteiger charge is -2.17. The van der Waals surface area contributed by atoms with Crippen molar-refractivity contribution < 1.29 is 9.13 Å². The molecule has 2 rings (SSSR count). The second-order valence-electron chi connectivity index (χ2n) is 2.83. The van der Waals surface area contributed by atoms with E-state index in [1.54, 1.807) is 6.07 Å². The standard InChI is InChI=1S/C9H8ClFO/c10-7-5-9-6(4-8(7)11)2-1-3-12-9/h4-5H,1-3H2. The molecule has 0 saturated carbocycles. The summed E-state index contributed by atoms with van der Waals surface area (Å²) in [4.78, 5) is 0. The van der Waals surface area contributed by atoms with E-state index in [1.807, 2.05) is 0 Å². The Balaban J connectivity index is 2.49. The molecule has 0 radical (unpaired) electrons. The van der Waals surface area contributed by atoms with Gasteiger partial charge < -0.3 is 4.74 Å². The molecule has 0 amide bonds. The minimum absolute atomic E-state index is 0.135. The Kier molecular flexibility index (Phi) is 1.93. The van der Waals surface area contributed by atoms with E-state index in [0.717, 1.165) is 24.2 Å². The molecule has 64 valence electrons. The minimum Gasteiger partial charge on any atom is -0.493 e. The quantitative estimate of drug-likeness (QED) is 0.606. The van der Waals surface area contributed by atoms with E-state index in [1.165, 1.54) is 6.07 Å². The van der Waals surface area contributed by atoms with Crippen molar-refractivity contribution >= 4 is 11.6 Å². The van der Waals surface area contributed by atoms with Crippen LogP contribution in [0.5, 0.6) is 5.75 Å². The second-order valence-corrected chi connectivity index (χ2v) is 3.23. The van der Waals surface area contributed by atoms with Crippen LogP contribution in [0, 0.1) is 5.82 Å². The van der Waals surface area contributed by atoms with Gasteiger partial charge >= 0.3 is 0 Å². The number of ether oxygens (including phenoxy) is 1. The van der Waals surface area contributed by atoms with Crippen LogP contribution >= 0.6 is 11.6 Å². The number of aryl methyl sites for hydroxylation is 1. The third kappa shape index (κ3) is 1.27. The number of halogens is 2. The van der Waals surface area contributed by atoms with Crippen LogP contribution in [0.15, 0.2) is 12.1 Å². The fourth-order valence-electron chi connectivity index (χ4n) is 1.34. The van der Waals surface area contributed by atoms with Crippen molar-refractivity contribution in [2.75, 3.05) is 6.61 Å². The number of rotatable bonds is 0. The molecule has 0 fully saturated rings. The van der Waals surface area contributed by atoms with Gasteiger partial charge in [0.2, 0.25) is 0 Å². The first-order valence-electron chi connectivity index (χ1n) is 3.88. The van der Waals surface area contributed by atoms with E-state index in [9.17, 15) is 4.39 Å². The molecule has 1 nitrogen and oxygen atoms in total. The van der Waals surface area contributed by atoms with E-state index in [4.69, 9.17) is 16.3 Å². The molecule has 0 atom stereocenters. The zero-order valence-electron chi connectivity index (χ0n) is 6.44. The summed E-state index contributed by atoms with van der Waals surface area (Å²) >= 11 is 5.59. The molecular formula is C9H8ClFO. The maximum Gasteiger partial charge on any atom is 0.142 e. The predicted molar refractivity (Wildman–Crippen MR) is 45.2 cm³/mol. The molecule has 0 unspecified atom stereocenters. The largest absolute Gasteiger partial charge is 0.493 e. The number of benzene rings is 1. The molecule has 1 aromatic carbocycles. The Morgan fingerprint density at radius 1 is 1.42 bits per heavy atom. The molecule has 3 heteroatoms. The highest BCUT2D eigenvalue weighted by molar-refractivity contribution is 6.30. The molecule has 0 bridgehead atoms. The summed E-state index contributed by atoms with van der Waals surface area (Å²) in [6.07, 6.45) is 1.83. The van der Waals surface area contributed by atoms with Gasteiger partial charge in [-0.05, 0) is 24.5 Å². The van der Waals surface area contributed by atoms with Gasteiger partial charge in [-0.15, -0.1) is 0 Å². The van der Waals surface area contributed by atoms with E-state index >= 15 is 0 Å². The topological polar surface area (TPSA) is 9.23 Å². The van der Waals surface area contributed by atoms with Crippen molar-refractivity contribution in [3.63, 3.8) is 0 Å². The zero-order chi connectivity index (χ0) is 8.55. The van der Waals surface area contributed by atoms with E-state index in [-0.39, 0.29) is 10.8 Å². The molecule has 0 aliphatic carbocycles. The van der Waals surface area contributed by atoms with Crippen LogP contribution in [0.1, 0.15) is 12.0 Å². The normalized spacial score (nSPS) is 15.2. The Hall–Kier alpha value is -0.760. The van der Waals surface area contributed by atoms with E-state index in [0.29, 0.717) is 6.61 Å². The first kappa shape index (κ1) is 7.87. The first-order valence-corrected chi connectivity index (χ1v) is 4.26. The monoisotopic (exact) mass is 186 g/mol. The highest BCUT2D eigenvalue weighted by Crippen LogP contribution is 2.29.